The zero-order valence-electron chi connectivity index (χ0n) is 17.8. The third kappa shape index (κ3) is 3.60. The molecule has 10 heteroatoms. The molecule has 0 N–H and O–H groups in total. The molecule has 0 fully saturated rings. The Bertz CT molecular complexity index is 1490. The van der Waals surface area contributed by atoms with Crippen LogP contribution in [0.15, 0.2) is 48.5 Å². The summed E-state index contributed by atoms with van der Waals surface area (Å²) in [6.07, 6.45) is 0.565. The van der Waals surface area contributed by atoms with Gasteiger partial charge in [0.25, 0.3) is 0 Å². The Balaban J connectivity index is 1.83. The molecular weight excluding hydrogens is 447 g/mol. The van der Waals surface area contributed by atoms with Crippen LogP contribution in [0, 0.1) is 5.82 Å². The van der Waals surface area contributed by atoms with E-state index in [-0.39, 0.29) is 12.2 Å². The van der Waals surface area contributed by atoms with Crippen LogP contribution in [0.2, 0.25) is 5.02 Å². The highest BCUT2D eigenvalue weighted by atomic mass is 35.5. The van der Waals surface area contributed by atoms with Gasteiger partial charge in [-0.25, -0.2) is 9.07 Å². The van der Waals surface area contributed by atoms with Crippen molar-refractivity contribution >= 4 is 34.4 Å². The van der Waals surface area contributed by atoms with Crippen LogP contribution >= 0.6 is 11.6 Å². The maximum Gasteiger partial charge on any atom is 0.311 e. The molecule has 0 bridgehead atoms. The van der Waals surface area contributed by atoms with E-state index in [4.69, 9.17) is 21.4 Å². The van der Waals surface area contributed by atoms with E-state index >= 15 is 0 Å². The summed E-state index contributed by atoms with van der Waals surface area (Å²) in [5.41, 5.74) is 5.00. The molecule has 0 aliphatic heterocycles. The average molecular weight is 465 g/mol. The van der Waals surface area contributed by atoms with Gasteiger partial charge in [-0.05, 0) is 48.4 Å². The number of carbonyl (C=O) groups excluding carboxylic acids is 1. The Hall–Kier alpha value is -3.85. The van der Waals surface area contributed by atoms with Crippen molar-refractivity contribution in [2.45, 2.75) is 19.8 Å². The third-order valence-electron chi connectivity index (χ3n) is 5.36. The second-order valence-corrected chi connectivity index (χ2v) is 7.81. The van der Waals surface area contributed by atoms with Crippen molar-refractivity contribution in [3.8, 4) is 16.8 Å². The summed E-state index contributed by atoms with van der Waals surface area (Å²) >= 11 is 6.07. The molecule has 0 saturated carbocycles. The summed E-state index contributed by atoms with van der Waals surface area (Å²) in [5.74, 6) is -0.827. The molecule has 2 aromatic carbocycles. The highest BCUT2D eigenvalue weighted by Gasteiger charge is 2.24. The quantitative estimate of drug-likeness (QED) is 0.362. The van der Waals surface area contributed by atoms with E-state index in [0.717, 1.165) is 16.8 Å². The number of fused-ring (bicyclic) bond motifs is 3. The summed E-state index contributed by atoms with van der Waals surface area (Å²) in [7, 11) is 1.31. The number of carbonyl (C=O) groups is 1. The number of hydrogen-bond donors (Lipinski definition) is 0. The van der Waals surface area contributed by atoms with E-state index in [2.05, 4.69) is 15.3 Å². The highest BCUT2D eigenvalue weighted by molar-refractivity contribution is 6.30. The van der Waals surface area contributed by atoms with Crippen LogP contribution in [0.1, 0.15) is 18.3 Å². The molecule has 0 saturated heterocycles. The van der Waals surface area contributed by atoms with Gasteiger partial charge in [-0.1, -0.05) is 30.7 Å². The lowest BCUT2D eigenvalue weighted by Crippen LogP contribution is -2.06. The number of aromatic nitrogens is 6. The lowest BCUT2D eigenvalue weighted by atomic mass is 10.0. The Labute approximate surface area is 192 Å². The van der Waals surface area contributed by atoms with E-state index in [1.807, 2.05) is 31.2 Å². The van der Waals surface area contributed by atoms with Gasteiger partial charge >= 0.3 is 5.97 Å². The van der Waals surface area contributed by atoms with Gasteiger partial charge in [0.2, 0.25) is 0 Å². The van der Waals surface area contributed by atoms with Crippen LogP contribution in [0.3, 0.4) is 0 Å². The van der Waals surface area contributed by atoms with Crippen molar-refractivity contribution in [3.63, 3.8) is 0 Å². The van der Waals surface area contributed by atoms with Gasteiger partial charge in [0.05, 0.1) is 30.5 Å². The van der Waals surface area contributed by atoms with E-state index in [1.54, 1.807) is 21.3 Å². The van der Waals surface area contributed by atoms with Crippen molar-refractivity contribution in [1.82, 2.24) is 29.6 Å². The number of esters is 1. The van der Waals surface area contributed by atoms with Gasteiger partial charge in [-0.2, -0.15) is 14.7 Å². The summed E-state index contributed by atoms with van der Waals surface area (Å²) in [4.78, 5) is 12.0. The Morgan fingerprint density at radius 3 is 2.42 bits per heavy atom. The number of nitrogens with zero attached hydrogens (tertiary/aromatic N) is 6. The average Bonchev–Trinajstić information content (AvgIpc) is 3.38. The van der Waals surface area contributed by atoms with Crippen LogP contribution in [0.5, 0.6) is 0 Å². The summed E-state index contributed by atoms with van der Waals surface area (Å²) in [6, 6.07) is 13.3. The van der Waals surface area contributed by atoms with Gasteiger partial charge < -0.3 is 4.74 Å². The van der Waals surface area contributed by atoms with Crippen molar-refractivity contribution in [2.75, 3.05) is 7.11 Å². The molecule has 0 aliphatic carbocycles. The Morgan fingerprint density at radius 1 is 1.03 bits per heavy atom. The molecule has 0 radical (unpaired) electrons. The molecule has 0 atom stereocenters. The molecule has 3 heterocycles. The molecule has 166 valence electrons. The zero-order chi connectivity index (χ0) is 23.1. The molecule has 0 aliphatic rings. The second kappa shape index (κ2) is 8.25. The number of halogens is 2. The molecule has 5 aromatic rings. The van der Waals surface area contributed by atoms with Crippen LogP contribution in [-0.2, 0) is 22.4 Å². The van der Waals surface area contributed by atoms with E-state index in [1.165, 1.54) is 19.2 Å². The predicted molar refractivity (Wildman–Crippen MR) is 121 cm³/mol. The minimum Gasteiger partial charge on any atom is -0.469 e. The normalized spacial score (nSPS) is 11.4. The summed E-state index contributed by atoms with van der Waals surface area (Å²) in [6.45, 7) is 2.01. The van der Waals surface area contributed by atoms with Gasteiger partial charge in [-0.3, -0.25) is 4.79 Å². The molecule has 33 heavy (non-hydrogen) atoms. The summed E-state index contributed by atoms with van der Waals surface area (Å²) < 4.78 is 21.6. The Morgan fingerprint density at radius 2 is 1.76 bits per heavy atom. The minimum absolute atomic E-state index is 0.0900. The minimum atomic E-state index is -0.459. The highest BCUT2D eigenvalue weighted by Crippen LogP contribution is 2.31. The molecule has 3 aromatic heterocycles. The maximum atomic E-state index is 13.6. The van der Waals surface area contributed by atoms with Gasteiger partial charge in [0.15, 0.2) is 16.8 Å². The van der Waals surface area contributed by atoms with Crippen molar-refractivity contribution < 1.29 is 13.9 Å². The van der Waals surface area contributed by atoms with E-state index in [9.17, 15) is 9.18 Å². The third-order valence-corrected chi connectivity index (χ3v) is 5.62. The fourth-order valence-electron chi connectivity index (χ4n) is 3.78. The van der Waals surface area contributed by atoms with Crippen molar-refractivity contribution in [1.29, 1.82) is 0 Å². The number of aryl methyl sites for hydroxylation is 1. The van der Waals surface area contributed by atoms with Crippen LogP contribution in [0.4, 0.5) is 4.39 Å². The maximum absolute atomic E-state index is 13.6. The topological polar surface area (TPSA) is 87.2 Å². The first-order valence-electron chi connectivity index (χ1n) is 10.2. The van der Waals surface area contributed by atoms with Crippen molar-refractivity contribution in [3.05, 3.63) is 70.8 Å². The smallest absolute Gasteiger partial charge is 0.311 e. The fraction of sp³-hybridized carbons (Fsp3) is 0.174. The number of rotatable bonds is 5. The zero-order valence-corrected chi connectivity index (χ0v) is 18.5. The van der Waals surface area contributed by atoms with Crippen LogP contribution in [-0.4, -0.2) is 42.7 Å². The number of methoxy groups -OCH3 is 1. The van der Waals surface area contributed by atoms with Crippen molar-refractivity contribution in [2.24, 2.45) is 0 Å². The molecule has 8 nitrogen and oxygen atoms in total. The van der Waals surface area contributed by atoms with E-state index in [0.29, 0.717) is 39.6 Å². The van der Waals surface area contributed by atoms with Gasteiger partial charge in [0.1, 0.15) is 11.5 Å². The standard InChI is InChI=1S/C23H18ClFN6O2/c1-3-17-20(13-4-6-14(24)7-5-13)22-27-26-21-18(12-19(32)33-2)29-30(23(21)31(22)28-17)16-10-8-15(25)9-11-16/h4-11H,3,12H2,1-2H3. The van der Waals surface area contributed by atoms with E-state index < -0.39 is 5.97 Å². The number of benzene rings is 2. The second-order valence-electron chi connectivity index (χ2n) is 7.38. The van der Waals surface area contributed by atoms with Crippen LogP contribution < -0.4 is 0 Å². The lowest BCUT2D eigenvalue weighted by Gasteiger charge is -2.04. The van der Waals surface area contributed by atoms with Gasteiger partial charge in [-0.15, -0.1) is 10.2 Å². The predicted octanol–water partition coefficient (Wildman–Crippen LogP) is 4.20. The number of ether oxygens (including phenoxy) is 1. The first-order valence-corrected chi connectivity index (χ1v) is 10.6. The first-order chi connectivity index (χ1) is 16.0. The molecular formula is C23H18ClFN6O2. The SMILES string of the molecule is CCc1nn2c(nnc3c(CC(=O)OC)nn(-c4ccc(F)cc4)c32)c1-c1ccc(Cl)cc1. The summed E-state index contributed by atoms with van der Waals surface area (Å²) in [5, 5.41) is 18.9. The number of hydrogen-bond acceptors (Lipinski definition) is 6. The monoisotopic (exact) mass is 464 g/mol. The molecule has 0 amide bonds. The lowest BCUT2D eigenvalue weighted by molar-refractivity contribution is -0.139. The van der Waals surface area contributed by atoms with Crippen LogP contribution in [0.25, 0.3) is 33.6 Å². The first kappa shape index (κ1) is 21.0. The largest absolute Gasteiger partial charge is 0.469 e. The Kier molecular flexibility index (Phi) is 5.26. The van der Waals surface area contributed by atoms with Gasteiger partial charge in [0, 0.05) is 5.02 Å². The molecule has 0 unspecified atom stereocenters. The fourth-order valence-corrected chi connectivity index (χ4v) is 3.90. The molecule has 0 spiro atoms. The molecule has 5 rings (SSSR count).